The summed E-state index contributed by atoms with van der Waals surface area (Å²) in [6, 6.07) is 5.50. The number of hydrogen-bond acceptors (Lipinski definition) is 3. The standard InChI is InChI=1S/C13H20N2O2/c1-4-10-5-6-12(16)11(7-10)15-13(17)8-14-9(2)3/h5-7,9,14,16H,4,8H2,1-3H3,(H,15,17). The van der Waals surface area contributed by atoms with Crippen molar-refractivity contribution in [2.45, 2.75) is 33.2 Å². The Balaban J connectivity index is 2.64. The highest BCUT2D eigenvalue weighted by Crippen LogP contribution is 2.24. The molecule has 4 nitrogen and oxygen atoms in total. The average molecular weight is 236 g/mol. The molecule has 0 aliphatic rings. The molecule has 1 aromatic rings. The lowest BCUT2D eigenvalue weighted by Crippen LogP contribution is -2.32. The summed E-state index contributed by atoms with van der Waals surface area (Å²) in [7, 11) is 0. The molecule has 0 unspecified atom stereocenters. The lowest BCUT2D eigenvalue weighted by molar-refractivity contribution is -0.115. The first-order chi connectivity index (χ1) is 8.02. The molecular formula is C13H20N2O2. The lowest BCUT2D eigenvalue weighted by Gasteiger charge is -2.11. The third-order valence-corrected chi connectivity index (χ3v) is 2.41. The molecule has 0 heterocycles. The van der Waals surface area contributed by atoms with Crippen molar-refractivity contribution in [2.75, 3.05) is 11.9 Å². The van der Waals surface area contributed by atoms with E-state index in [1.807, 2.05) is 26.8 Å². The van der Waals surface area contributed by atoms with Gasteiger partial charge in [-0.3, -0.25) is 4.79 Å². The van der Waals surface area contributed by atoms with E-state index in [2.05, 4.69) is 10.6 Å². The van der Waals surface area contributed by atoms with Crippen LogP contribution in [-0.2, 0) is 11.2 Å². The van der Waals surface area contributed by atoms with Crippen molar-refractivity contribution in [2.24, 2.45) is 0 Å². The highest BCUT2D eigenvalue weighted by atomic mass is 16.3. The van der Waals surface area contributed by atoms with Crippen molar-refractivity contribution in [3.8, 4) is 5.75 Å². The average Bonchev–Trinajstić information content (AvgIpc) is 2.29. The number of phenolic OH excluding ortho intramolecular Hbond substituents is 1. The number of hydrogen-bond donors (Lipinski definition) is 3. The van der Waals surface area contributed by atoms with Crippen LogP contribution >= 0.6 is 0 Å². The van der Waals surface area contributed by atoms with Gasteiger partial charge in [0.1, 0.15) is 5.75 Å². The van der Waals surface area contributed by atoms with Gasteiger partial charge in [0.15, 0.2) is 0 Å². The Bertz CT molecular complexity index is 389. The van der Waals surface area contributed by atoms with Gasteiger partial charge < -0.3 is 15.7 Å². The van der Waals surface area contributed by atoms with Crippen molar-refractivity contribution in [1.82, 2.24) is 5.32 Å². The predicted octanol–water partition coefficient (Wildman–Crippen LogP) is 1.89. The number of aromatic hydroxyl groups is 1. The van der Waals surface area contributed by atoms with Crippen LogP contribution in [-0.4, -0.2) is 23.6 Å². The van der Waals surface area contributed by atoms with Crippen LogP contribution in [0.25, 0.3) is 0 Å². The molecule has 0 aliphatic carbocycles. The quantitative estimate of drug-likeness (QED) is 0.684. The molecule has 0 aromatic heterocycles. The van der Waals surface area contributed by atoms with E-state index in [9.17, 15) is 9.90 Å². The number of nitrogens with one attached hydrogen (secondary N) is 2. The van der Waals surface area contributed by atoms with Crippen LogP contribution in [0, 0.1) is 0 Å². The Morgan fingerprint density at radius 2 is 2.12 bits per heavy atom. The third kappa shape index (κ3) is 4.44. The Hall–Kier alpha value is -1.55. The summed E-state index contributed by atoms with van der Waals surface area (Å²) in [5.41, 5.74) is 1.55. The lowest BCUT2D eigenvalue weighted by atomic mass is 10.1. The minimum Gasteiger partial charge on any atom is -0.506 e. The van der Waals surface area contributed by atoms with E-state index in [-0.39, 0.29) is 24.2 Å². The van der Waals surface area contributed by atoms with Crippen LogP contribution in [0.1, 0.15) is 26.3 Å². The molecule has 1 aromatic carbocycles. The zero-order valence-electron chi connectivity index (χ0n) is 10.6. The molecule has 0 spiro atoms. The summed E-state index contributed by atoms with van der Waals surface area (Å²) in [5, 5.41) is 15.3. The van der Waals surface area contributed by atoms with Crippen molar-refractivity contribution in [3.05, 3.63) is 23.8 Å². The molecule has 0 radical (unpaired) electrons. The predicted molar refractivity (Wildman–Crippen MR) is 69.3 cm³/mol. The van der Waals surface area contributed by atoms with E-state index >= 15 is 0 Å². The van der Waals surface area contributed by atoms with E-state index in [1.54, 1.807) is 12.1 Å². The monoisotopic (exact) mass is 236 g/mol. The van der Waals surface area contributed by atoms with Gasteiger partial charge >= 0.3 is 0 Å². The molecule has 1 rings (SSSR count). The Morgan fingerprint density at radius 1 is 1.41 bits per heavy atom. The highest BCUT2D eigenvalue weighted by molar-refractivity contribution is 5.93. The van der Waals surface area contributed by atoms with Gasteiger partial charge in [-0.25, -0.2) is 0 Å². The van der Waals surface area contributed by atoms with Gasteiger partial charge in [-0.2, -0.15) is 0 Å². The molecule has 0 aliphatic heterocycles. The van der Waals surface area contributed by atoms with Crippen LogP contribution in [0.15, 0.2) is 18.2 Å². The molecule has 1 amide bonds. The zero-order chi connectivity index (χ0) is 12.8. The number of amides is 1. The molecule has 3 N–H and O–H groups in total. The van der Waals surface area contributed by atoms with Gasteiger partial charge in [0.2, 0.25) is 5.91 Å². The van der Waals surface area contributed by atoms with Crippen LogP contribution in [0.2, 0.25) is 0 Å². The van der Waals surface area contributed by atoms with Crippen molar-refractivity contribution >= 4 is 11.6 Å². The topological polar surface area (TPSA) is 61.4 Å². The van der Waals surface area contributed by atoms with Gasteiger partial charge in [0.05, 0.1) is 12.2 Å². The smallest absolute Gasteiger partial charge is 0.238 e. The highest BCUT2D eigenvalue weighted by Gasteiger charge is 2.07. The van der Waals surface area contributed by atoms with Crippen molar-refractivity contribution in [1.29, 1.82) is 0 Å². The number of aryl methyl sites for hydroxylation is 1. The van der Waals surface area contributed by atoms with Crippen molar-refractivity contribution in [3.63, 3.8) is 0 Å². The molecular weight excluding hydrogens is 216 g/mol. The van der Waals surface area contributed by atoms with Crippen molar-refractivity contribution < 1.29 is 9.90 Å². The van der Waals surface area contributed by atoms with Gasteiger partial charge in [-0.15, -0.1) is 0 Å². The molecule has 0 saturated heterocycles. The Labute approximate surface area is 102 Å². The first-order valence-electron chi connectivity index (χ1n) is 5.88. The largest absolute Gasteiger partial charge is 0.506 e. The Kier molecular flexibility index (Phi) is 4.97. The van der Waals surface area contributed by atoms with Gasteiger partial charge in [0, 0.05) is 6.04 Å². The maximum absolute atomic E-state index is 11.6. The summed E-state index contributed by atoms with van der Waals surface area (Å²) in [6.07, 6.45) is 0.868. The van der Waals surface area contributed by atoms with E-state index in [4.69, 9.17) is 0 Å². The fourth-order valence-electron chi connectivity index (χ4n) is 1.39. The SMILES string of the molecule is CCc1ccc(O)c(NC(=O)CNC(C)C)c1. The molecule has 17 heavy (non-hydrogen) atoms. The molecule has 4 heteroatoms. The molecule has 0 saturated carbocycles. The second-order valence-electron chi connectivity index (χ2n) is 4.29. The minimum atomic E-state index is -0.151. The first kappa shape index (κ1) is 13.5. The summed E-state index contributed by atoms with van der Waals surface area (Å²) in [6.45, 7) is 6.22. The molecule has 0 bridgehead atoms. The summed E-state index contributed by atoms with van der Waals surface area (Å²) in [4.78, 5) is 11.6. The first-order valence-corrected chi connectivity index (χ1v) is 5.88. The fraction of sp³-hybridized carbons (Fsp3) is 0.462. The minimum absolute atomic E-state index is 0.0973. The van der Waals surface area contributed by atoms with Crippen LogP contribution in [0.3, 0.4) is 0 Å². The summed E-state index contributed by atoms with van der Waals surface area (Å²) < 4.78 is 0. The van der Waals surface area contributed by atoms with Gasteiger partial charge in [0.25, 0.3) is 0 Å². The van der Waals surface area contributed by atoms with E-state index in [0.717, 1.165) is 12.0 Å². The number of carbonyl (C=O) groups excluding carboxylic acids is 1. The fourth-order valence-corrected chi connectivity index (χ4v) is 1.39. The van der Waals surface area contributed by atoms with E-state index in [0.29, 0.717) is 5.69 Å². The van der Waals surface area contributed by atoms with Crippen LogP contribution < -0.4 is 10.6 Å². The number of rotatable bonds is 5. The Morgan fingerprint density at radius 3 is 2.71 bits per heavy atom. The normalized spacial score (nSPS) is 10.6. The zero-order valence-corrected chi connectivity index (χ0v) is 10.6. The summed E-state index contributed by atoms with van der Waals surface area (Å²) in [5.74, 6) is -0.0534. The van der Waals surface area contributed by atoms with Crippen LogP contribution in [0.4, 0.5) is 5.69 Å². The van der Waals surface area contributed by atoms with Gasteiger partial charge in [-0.05, 0) is 24.1 Å². The second-order valence-corrected chi connectivity index (χ2v) is 4.29. The number of anilines is 1. The molecule has 0 fully saturated rings. The number of carbonyl (C=O) groups is 1. The summed E-state index contributed by atoms with van der Waals surface area (Å²) >= 11 is 0. The third-order valence-electron chi connectivity index (χ3n) is 2.41. The maximum Gasteiger partial charge on any atom is 0.238 e. The maximum atomic E-state index is 11.6. The number of phenols is 1. The number of benzene rings is 1. The van der Waals surface area contributed by atoms with E-state index in [1.165, 1.54) is 0 Å². The van der Waals surface area contributed by atoms with Gasteiger partial charge in [-0.1, -0.05) is 26.8 Å². The second kappa shape index (κ2) is 6.25. The van der Waals surface area contributed by atoms with Crippen LogP contribution in [0.5, 0.6) is 5.75 Å². The molecule has 94 valence electrons. The van der Waals surface area contributed by atoms with E-state index < -0.39 is 0 Å². The molecule has 0 atom stereocenters.